The van der Waals surface area contributed by atoms with Crippen LogP contribution in [0.4, 0.5) is 0 Å². The van der Waals surface area contributed by atoms with Crippen LogP contribution in [0.2, 0.25) is 0 Å². The molecule has 1 amide bonds. The van der Waals surface area contributed by atoms with E-state index in [0.717, 1.165) is 0 Å². The quantitative estimate of drug-likeness (QED) is 0.413. The predicted molar refractivity (Wildman–Crippen MR) is 66.4 cm³/mol. The lowest BCUT2D eigenvalue weighted by atomic mass is 10.2. The molecule has 0 aliphatic rings. The molecule has 2 aromatic rings. The Hall–Kier alpha value is -2.58. The predicted octanol–water partition coefficient (Wildman–Crippen LogP) is 3.82. The largest absolute Gasteiger partial charge is 0.287 e. The fourth-order valence-electron chi connectivity index (χ4n) is 1.06. The van der Waals surface area contributed by atoms with Gasteiger partial charge >= 0.3 is 0 Å². The van der Waals surface area contributed by atoms with Crippen LogP contribution in [0, 0.1) is 0 Å². The zero-order valence-electron chi connectivity index (χ0n) is 9.10. The topological polar surface area (TPSA) is 65.8 Å². The minimum atomic E-state index is -0.548. The van der Waals surface area contributed by atoms with E-state index in [1.807, 2.05) is 36.4 Å². The van der Waals surface area contributed by atoms with Gasteiger partial charge in [-0.05, 0) is 10.6 Å². The molecule has 0 aliphatic heterocycles. The molecule has 4 nitrogen and oxygen atoms in total. The van der Waals surface area contributed by atoms with Gasteiger partial charge in [0.1, 0.15) is 0 Å². The highest BCUT2D eigenvalue weighted by Gasteiger charge is 1.98. The molecule has 0 unspecified atom stereocenters. The lowest BCUT2D eigenvalue weighted by molar-refractivity contribution is 0.100. The van der Waals surface area contributed by atoms with Crippen LogP contribution in [-0.4, -0.2) is 5.91 Å². The summed E-state index contributed by atoms with van der Waals surface area (Å²) in [6.45, 7) is 0. The lowest BCUT2D eigenvalue weighted by Crippen LogP contribution is -1.90. The molecule has 0 radical (unpaired) electrons. The van der Waals surface area contributed by atoms with Gasteiger partial charge in [-0.1, -0.05) is 66.7 Å². The summed E-state index contributed by atoms with van der Waals surface area (Å²) in [5.41, 5.74) is 8.34. The maximum absolute atomic E-state index is 10.8. The number of rotatable bonds is 1. The smallest absolute Gasteiger partial charge is 0.249 e. The molecule has 0 aromatic heterocycles. The Bertz CT molecular complexity index is 464. The van der Waals surface area contributed by atoms with Crippen molar-refractivity contribution in [3.05, 3.63) is 82.7 Å². The third-order valence-corrected chi connectivity index (χ3v) is 1.82. The average Bonchev–Trinajstić information content (AvgIpc) is 2.43. The molecule has 2 aromatic carbocycles. The second kappa shape index (κ2) is 7.68. The molecule has 0 N–H and O–H groups in total. The molecule has 17 heavy (non-hydrogen) atoms. The molecule has 0 atom stereocenters. The van der Waals surface area contributed by atoms with Gasteiger partial charge in [-0.3, -0.25) is 4.79 Å². The van der Waals surface area contributed by atoms with Crippen LogP contribution in [0.25, 0.3) is 10.4 Å². The minimum absolute atomic E-state index is 0.408. The van der Waals surface area contributed by atoms with E-state index < -0.39 is 5.91 Å². The normalized spacial score (nSPS) is 8.24. The van der Waals surface area contributed by atoms with Crippen LogP contribution in [0.1, 0.15) is 10.4 Å². The van der Waals surface area contributed by atoms with E-state index in [9.17, 15) is 4.79 Å². The number of carbonyl (C=O) groups is 1. The number of nitrogens with zero attached hydrogens (tertiary/aromatic N) is 3. The number of hydrogen-bond acceptors (Lipinski definition) is 1. The molecule has 2 rings (SSSR count). The van der Waals surface area contributed by atoms with Gasteiger partial charge in [0.2, 0.25) is 5.91 Å². The van der Waals surface area contributed by atoms with Crippen molar-refractivity contribution < 1.29 is 4.79 Å². The van der Waals surface area contributed by atoms with Gasteiger partial charge < -0.3 is 0 Å². The Labute approximate surface area is 99.2 Å². The summed E-state index contributed by atoms with van der Waals surface area (Å²) in [5.74, 6) is -0.548. The molecule has 0 saturated heterocycles. The Balaban J connectivity index is 0.000000202. The SMILES string of the molecule is [N-]=[N+]=NC(=O)c1ccccc1.c1ccccc1. The molecule has 0 spiro atoms. The van der Waals surface area contributed by atoms with Gasteiger partial charge in [0.15, 0.2) is 0 Å². The first-order valence-electron chi connectivity index (χ1n) is 4.99. The Morgan fingerprint density at radius 2 is 1.29 bits per heavy atom. The first kappa shape index (κ1) is 12.5. The maximum Gasteiger partial charge on any atom is 0.249 e. The van der Waals surface area contributed by atoms with Gasteiger partial charge in [0.05, 0.1) is 0 Å². The summed E-state index contributed by atoms with van der Waals surface area (Å²) in [6, 6.07) is 20.4. The van der Waals surface area contributed by atoms with Crippen LogP contribution in [0.15, 0.2) is 71.8 Å². The molecule has 0 bridgehead atoms. The van der Waals surface area contributed by atoms with Gasteiger partial charge in [-0.15, -0.1) is 0 Å². The highest BCUT2D eigenvalue weighted by atomic mass is 16.1. The van der Waals surface area contributed by atoms with E-state index in [4.69, 9.17) is 5.53 Å². The number of azide groups is 1. The van der Waals surface area contributed by atoms with E-state index in [1.54, 1.807) is 30.3 Å². The van der Waals surface area contributed by atoms with Crippen LogP contribution < -0.4 is 0 Å². The van der Waals surface area contributed by atoms with Crippen LogP contribution in [0.5, 0.6) is 0 Å². The van der Waals surface area contributed by atoms with Crippen molar-refractivity contribution in [2.24, 2.45) is 5.11 Å². The van der Waals surface area contributed by atoms with Crippen molar-refractivity contribution in [1.82, 2.24) is 0 Å². The third-order valence-electron chi connectivity index (χ3n) is 1.82. The van der Waals surface area contributed by atoms with Crippen molar-refractivity contribution in [2.45, 2.75) is 0 Å². The Morgan fingerprint density at radius 3 is 1.71 bits per heavy atom. The van der Waals surface area contributed by atoms with Gasteiger partial charge in [0.25, 0.3) is 0 Å². The molecule has 84 valence electrons. The molecule has 4 heteroatoms. The highest BCUT2D eigenvalue weighted by molar-refractivity contribution is 5.94. The van der Waals surface area contributed by atoms with E-state index >= 15 is 0 Å². The van der Waals surface area contributed by atoms with E-state index in [0.29, 0.717) is 5.56 Å². The summed E-state index contributed by atoms with van der Waals surface area (Å²) in [7, 11) is 0. The van der Waals surface area contributed by atoms with Crippen molar-refractivity contribution in [3.63, 3.8) is 0 Å². The van der Waals surface area contributed by atoms with E-state index in [1.165, 1.54) is 0 Å². The fraction of sp³-hybridized carbons (Fsp3) is 0. The molecule has 0 aliphatic carbocycles. The number of carbonyl (C=O) groups excluding carboxylic acids is 1. The maximum atomic E-state index is 10.8. The van der Waals surface area contributed by atoms with Crippen molar-refractivity contribution in [2.75, 3.05) is 0 Å². The van der Waals surface area contributed by atoms with Crippen LogP contribution >= 0.6 is 0 Å². The summed E-state index contributed by atoms with van der Waals surface area (Å²) in [6.07, 6.45) is 0. The minimum Gasteiger partial charge on any atom is -0.287 e. The first-order chi connectivity index (χ1) is 8.34. The molecular formula is C13H11N3O. The van der Waals surface area contributed by atoms with Gasteiger partial charge in [-0.2, -0.15) is 0 Å². The fourth-order valence-corrected chi connectivity index (χ4v) is 1.06. The van der Waals surface area contributed by atoms with Crippen molar-refractivity contribution in [3.8, 4) is 0 Å². The number of amides is 1. The number of hydrogen-bond donors (Lipinski definition) is 0. The number of benzene rings is 2. The van der Waals surface area contributed by atoms with Crippen molar-refractivity contribution >= 4 is 5.91 Å². The summed E-state index contributed by atoms with van der Waals surface area (Å²) in [4.78, 5) is 13.2. The van der Waals surface area contributed by atoms with Gasteiger partial charge in [0, 0.05) is 10.5 Å². The summed E-state index contributed by atoms with van der Waals surface area (Å²) >= 11 is 0. The molecule has 0 heterocycles. The zero-order chi connectivity index (χ0) is 12.3. The molecule has 0 fully saturated rings. The van der Waals surface area contributed by atoms with Crippen LogP contribution in [-0.2, 0) is 0 Å². The second-order valence-electron chi connectivity index (χ2n) is 3.02. The summed E-state index contributed by atoms with van der Waals surface area (Å²) in [5, 5.41) is 2.94. The van der Waals surface area contributed by atoms with Crippen LogP contribution in [0.3, 0.4) is 0 Å². The first-order valence-corrected chi connectivity index (χ1v) is 4.99. The van der Waals surface area contributed by atoms with E-state index in [2.05, 4.69) is 10.0 Å². The third kappa shape index (κ3) is 5.16. The van der Waals surface area contributed by atoms with Crippen molar-refractivity contribution in [1.29, 1.82) is 0 Å². The zero-order valence-corrected chi connectivity index (χ0v) is 9.10. The standard InChI is InChI=1S/C7H5N3O.C6H6/c8-10-9-7(11)6-4-2-1-3-5-6;1-2-4-6-5-3-1/h1-5H;1-6H. The lowest BCUT2D eigenvalue weighted by Gasteiger charge is -1.89. The summed E-state index contributed by atoms with van der Waals surface area (Å²) < 4.78 is 0. The Morgan fingerprint density at radius 1 is 0.882 bits per heavy atom. The monoisotopic (exact) mass is 225 g/mol. The molecular weight excluding hydrogens is 214 g/mol. The second-order valence-corrected chi connectivity index (χ2v) is 3.02. The van der Waals surface area contributed by atoms with E-state index in [-0.39, 0.29) is 0 Å². The van der Waals surface area contributed by atoms with Gasteiger partial charge in [-0.25, -0.2) is 0 Å². The average molecular weight is 225 g/mol. The molecule has 0 saturated carbocycles. The Kier molecular flexibility index (Phi) is 5.64. The highest BCUT2D eigenvalue weighted by Crippen LogP contribution is 1.99.